The van der Waals surface area contributed by atoms with Crippen LogP contribution in [0.25, 0.3) is 0 Å². The molecule has 1 rings (SSSR count). The second-order valence-electron chi connectivity index (χ2n) is 5.99. The molecule has 0 heterocycles. The van der Waals surface area contributed by atoms with E-state index in [2.05, 4.69) is 10.6 Å². The van der Waals surface area contributed by atoms with Crippen LogP contribution in [-0.2, 0) is 9.53 Å². The number of amides is 1. The number of anilines is 2. The molecule has 1 aromatic rings. The summed E-state index contributed by atoms with van der Waals surface area (Å²) in [6.07, 6.45) is -0.149. The van der Waals surface area contributed by atoms with Crippen molar-refractivity contribution in [1.82, 2.24) is 0 Å². The van der Waals surface area contributed by atoms with E-state index in [4.69, 9.17) is 14.6 Å². The first-order valence-electron chi connectivity index (χ1n) is 7.33. The lowest BCUT2D eigenvalue weighted by atomic mass is 10.2. The molecule has 7 heteroatoms. The molecule has 0 fully saturated rings. The molecule has 0 aliphatic heterocycles. The molecule has 23 heavy (non-hydrogen) atoms. The molecule has 1 aromatic carbocycles. The number of methoxy groups -OCH3 is 1. The summed E-state index contributed by atoms with van der Waals surface area (Å²) in [5.41, 5.74) is 0.427. The number of carboxylic acids is 1. The first kappa shape index (κ1) is 18.6. The van der Waals surface area contributed by atoms with E-state index >= 15 is 0 Å². The van der Waals surface area contributed by atoms with Crippen LogP contribution >= 0.6 is 0 Å². The molecule has 3 N–H and O–H groups in total. The Balaban J connectivity index is 2.88. The van der Waals surface area contributed by atoms with Crippen LogP contribution in [0.3, 0.4) is 0 Å². The Kier molecular flexibility index (Phi) is 6.24. The van der Waals surface area contributed by atoms with Crippen molar-refractivity contribution >= 4 is 23.4 Å². The molecule has 1 amide bonds. The van der Waals surface area contributed by atoms with Gasteiger partial charge in [-0.1, -0.05) is 6.92 Å². The molecule has 0 aliphatic rings. The molecule has 1 unspecified atom stereocenters. The van der Waals surface area contributed by atoms with E-state index in [1.165, 1.54) is 7.11 Å². The van der Waals surface area contributed by atoms with E-state index in [0.29, 0.717) is 23.5 Å². The van der Waals surface area contributed by atoms with Crippen LogP contribution in [0.5, 0.6) is 5.75 Å². The number of carbonyl (C=O) groups is 2. The maximum atomic E-state index is 11.8. The summed E-state index contributed by atoms with van der Waals surface area (Å²) in [4.78, 5) is 22.9. The number of aliphatic carboxylic acids is 1. The van der Waals surface area contributed by atoms with Gasteiger partial charge in [-0.05, 0) is 39.3 Å². The van der Waals surface area contributed by atoms with Gasteiger partial charge in [0.05, 0.1) is 12.8 Å². The van der Waals surface area contributed by atoms with Gasteiger partial charge in [-0.15, -0.1) is 0 Å². The molecule has 0 saturated heterocycles. The average Bonchev–Trinajstić information content (AvgIpc) is 2.43. The summed E-state index contributed by atoms with van der Waals surface area (Å²) < 4.78 is 10.4. The van der Waals surface area contributed by atoms with E-state index in [-0.39, 0.29) is 0 Å². The molecular weight excluding hydrogens is 300 g/mol. The second kappa shape index (κ2) is 7.71. The molecule has 0 radical (unpaired) electrons. The second-order valence-corrected chi connectivity index (χ2v) is 5.99. The van der Waals surface area contributed by atoms with E-state index in [9.17, 15) is 9.59 Å². The van der Waals surface area contributed by atoms with Gasteiger partial charge in [0.2, 0.25) is 0 Å². The van der Waals surface area contributed by atoms with Crippen molar-refractivity contribution in [3.05, 3.63) is 18.2 Å². The van der Waals surface area contributed by atoms with Gasteiger partial charge in [0, 0.05) is 11.8 Å². The lowest BCUT2D eigenvalue weighted by molar-refractivity contribution is -0.137. The highest BCUT2D eigenvalue weighted by Gasteiger charge is 2.19. The van der Waals surface area contributed by atoms with E-state index in [0.717, 1.165) is 0 Å². The van der Waals surface area contributed by atoms with Crippen LogP contribution in [0.2, 0.25) is 0 Å². The van der Waals surface area contributed by atoms with E-state index in [1.807, 2.05) is 0 Å². The van der Waals surface area contributed by atoms with Gasteiger partial charge in [0.15, 0.2) is 0 Å². The SMILES string of the molecule is CCC(Nc1ccc(NC(=O)OC(C)(C)C)c(OC)c1)C(=O)O. The predicted octanol–water partition coefficient (Wildman–Crippen LogP) is 3.32. The number of nitrogens with one attached hydrogen (secondary N) is 2. The summed E-state index contributed by atoms with van der Waals surface area (Å²) in [6.45, 7) is 7.09. The maximum absolute atomic E-state index is 11.8. The van der Waals surface area contributed by atoms with E-state index < -0.39 is 23.7 Å². The molecular formula is C16H24N2O5. The molecule has 0 saturated carbocycles. The third kappa shape index (κ3) is 6.06. The fourth-order valence-corrected chi connectivity index (χ4v) is 1.84. The number of hydrogen-bond acceptors (Lipinski definition) is 5. The number of carbonyl (C=O) groups excluding carboxylic acids is 1. The molecule has 7 nitrogen and oxygen atoms in total. The zero-order valence-corrected chi connectivity index (χ0v) is 14.1. The highest BCUT2D eigenvalue weighted by Crippen LogP contribution is 2.29. The van der Waals surface area contributed by atoms with Crippen LogP contribution in [-0.4, -0.2) is 35.9 Å². The summed E-state index contributed by atoms with van der Waals surface area (Å²) in [6, 6.07) is 4.23. The normalized spacial score (nSPS) is 12.2. The van der Waals surface area contributed by atoms with Gasteiger partial charge in [-0.25, -0.2) is 9.59 Å². The summed E-state index contributed by atoms with van der Waals surface area (Å²) >= 11 is 0. The Bertz CT molecular complexity index is 566. The highest BCUT2D eigenvalue weighted by atomic mass is 16.6. The largest absolute Gasteiger partial charge is 0.494 e. The third-order valence-corrected chi connectivity index (χ3v) is 2.88. The van der Waals surface area contributed by atoms with Gasteiger partial charge in [0.25, 0.3) is 0 Å². The molecule has 0 aromatic heterocycles. The third-order valence-electron chi connectivity index (χ3n) is 2.88. The van der Waals surface area contributed by atoms with Crippen molar-refractivity contribution in [3.8, 4) is 5.75 Å². The van der Waals surface area contributed by atoms with Gasteiger partial charge < -0.3 is 19.9 Å². The smallest absolute Gasteiger partial charge is 0.412 e. The monoisotopic (exact) mass is 324 g/mol. The quantitative estimate of drug-likeness (QED) is 0.743. The van der Waals surface area contributed by atoms with Crippen molar-refractivity contribution in [3.63, 3.8) is 0 Å². The van der Waals surface area contributed by atoms with Gasteiger partial charge in [-0.2, -0.15) is 0 Å². The Morgan fingerprint density at radius 3 is 2.43 bits per heavy atom. The molecule has 0 spiro atoms. The minimum absolute atomic E-state index is 0.404. The maximum Gasteiger partial charge on any atom is 0.412 e. The molecule has 0 bridgehead atoms. The van der Waals surface area contributed by atoms with Crippen molar-refractivity contribution in [2.75, 3.05) is 17.7 Å². The average molecular weight is 324 g/mol. The number of hydrogen-bond donors (Lipinski definition) is 3. The van der Waals surface area contributed by atoms with Crippen LogP contribution in [0, 0.1) is 0 Å². The van der Waals surface area contributed by atoms with Crippen LogP contribution < -0.4 is 15.4 Å². The number of rotatable bonds is 6. The fraction of sp³-hybridized carbons (Fsp3) is 0.500. The van der Waals surface area contributed by atoms with Gasteiger partial charge in [-0.3, -0.25) is 5.32 Å². The topological polar surface area (TPSA) is 96.9 Å². The lowest BCUT2D eigenvalue weighted by Crippen LogP contribution is -2.28. The minimum Gasteiger partial charge on any atom is -0.494 e. The summed E-state index contributed by atoms with van der Waals surface area (Å²) in [5, 5.41) is 14.6. The van der Waals surface area contributed by atoms with Crippen molar-refractivity contribution in [1.29, 1.82) is 0 Å². The molecule has 1 atom stereocenters. The zero-order chi connectivity index (χ0) is 17.6. The van der Waals surface area contributed by atoms with Crippen LogP contribution in [0.4, 0.5) is 16.2 Å². The number of carboxylic acid groups (broad SMARTS) is 1. The Hall–Kier alpha value is -2.44. The molecule has 0 aliphatic carbocycles. The minimum atomic E-state index is -0.928. The van der Waals surface area contributed by atoms with Crippen LogP contribution in [0.15, 0.2) is 18.2 Å². The number of benzene rings is 1. The highest BCUT2D eigenvalue weighted by molar-refractivity contribution is 5.88. The van der Waals surface area contributed by atoms with Gasteiger partial charge in [0.1, 0.15) is 17.4 Å². The standard InChI is InChI=1S/C16H24N2O5/c1-6-11(14(19)20)17-10-7-8-12(13(9-10)22-5)18-15(21)23-16(2,3)4/h7-9,11,17H,6H2,1-5H3,(H,18,21)(H,19,20). The van der Waals surface area contributed by atoms with Crippen molar-refractivity contribution in [2.24, 2.45) is 0 Å². The van der Waals surface area contributed by atoms with Crippen molar-refractivity contribution < 1.29 is 24.2 Å². The fourth-order valence-electron chi connectivity index (χ4n) is 1.84. The zero-order valence-electron chi connectivity index (χ0n) is 14.1. The Morgan fingerprint density at radius 1 is 1.30 bits per heavy atom. The van der Waals surface area contributed by atoms with Gasteiger partial charge >= 0.3 is 12.1 Å². The predicted molar refractivity (Wildman–Crippen MR) is 88.2 cm³/mol. The lowest BCUT2D eigenvalue weighted by Gasteiger charge is -2.21. The Labute approximate surface area is 136 Å². The van der Waals surface area contributed by atoms with E-state index in [1.54, 1.807) is 45.9 Å². The van der Waals surface area contributed by atoms with Crippen LogP contribution in [0.1, 0.15) is 34.1 Å². The summed E-state index contributed by atoms with van der Waals surface area (Å²) in [5.74, 6) is -0.525. The first-order valence-corrected chi connectivity index (χ1v) is 7.33. The first-order chi connectivity index (χ1) is 10.7. The summed E-state index contributed by atoms with van der Waals surface area (Å²) in [7, 11) is 1.47. The van der Waals surface area contributed by atoms with Crippen molar-refractivity contribution in [2.45, 2.75) is 45.8 Å². The number of ether oxygens (including phenoxy) is 2. The molecule has 128 valence electrons. The Morgan fingerprint density at radius 2 is 1.96 bits per heavy atom.